The minimum atomic E-state index is 0.00672. The molecule has 4 rings (SSSR count). The highest BCUT2D eigenvalue weighted by molar-refractivity contribution is 8.04. The fraction of sp³-hybridized carbons (Fsp3) is 0. The summed E-state index contributed by atoms with van der Waals surface area (Å²) in [4.78, 5) is 18.1. The largest absolute Gasteiger partial charge is 0.423 e. The summed E-state index contributed by atoms with van der Waals surface area (Å²) < 4.78 is 5.55. The Morgan fingerprint density at radius 1 is 1.23 bits per heavy atom. The molecule has 2 aromatic carbocycles. The Kier molecular flexibility index (Phi) is 3.17. The molecule has 1 aliphatic heterocycles. The van der Waals surface area contributed by atoms with E-state index < -0.39 is 0 Å². The van der Waals surface area contributed by atoms with Crippen LogP contribution in [0.3, 0.4) is 0 Å². The normalized spacial score (nSPS) is 15.5. The van der Waals surface area contributed by atoms with Gasteiger partial charge in [-0.25, -0.2) is 0 Å². The number of halogens is 1. The average Bonchev–Trinajstić information content (AvgIpc) is 3.06. The SMILES string of the molecule is O=C1C(=CNc2nc3cc(Cl)ccc3o2)Sc2ccccc21. The van der Waals surface area contributed by atoms with E-state index in [1.165, 1.54) is 11.8 Å². The Morgan fingerprint density at radius 2 is 2.09 bits per heavy atom. The van der Waals surface area contributed by atoms with Crippen molar-refractivity contribution in [3.05, 3.63) is 64.2 Å². The van der Waals surface area contributed by atoms with Gasteiger partial charge in [-0.3, -0.25) is 4.79 Å². The lowest BCUT2D eigenvalue weighted by molar-refractivity contribution is 0.104. The molecule has 0 aliphatic carbocycles. The lowest BCUT2D eigenvalue weighted by atomic mass is 10.1. The Labute approximate surface area is 135 Å². The number of oxazole rings is 1. The van der Waals surface area contributed by atoms with Gasteiger partial charge in [0, 0.05) is 21.7 Å². The molecule has 6 heteroatoms. The van der Waals surface area contributed by atoms with E-state index >= 15 is 0 Å². The van der Waals surface area contributed by atoms with Crippen molar-refractivity contribution in [3.63, 3.8) is 0 Å². The minimum Gasteiger partial charge on any atom is -0.423 e. The van der Waals surface area contributed by atoms with Crippen molar-refractivity contribution in [2.75, 3.05) is 5.32 Å². The highest BCUT2D eigenvalue weighted by Crippen LogP contribution is 2.39. The van der Waals surface area contributed by atoms with Crippen LogP contribution in [0.1, 0.15) is 10.4 Å². The van der Waals surface area contributed by atoms with E-state index in [9.17, 15) is 4.79 Å². The molecule has 1 aromatic heterocycles. The molecule has 4 nitrogen and oxygen atoms in total. The zero-order valence-corrected chi connectivity index (χ0v) is 12.7. The number of hydrogen-bond acceptors (Lipinski definition) is 5. The van der Waals surface area contributed by atoms with Crippen LogP contribution in [-0.4, -0.2) is 10.8 Å². The Morgan fingerprint density at radius 3 is 2.95 bits per heavy atom. The third-order valence-corrected chi connectivity index (χ3v) is 4.59. The number of carbonyl (C=O) groups is 1. The van der Waals surface area contributed by atoms with Crippen LogP contribution in [0.25, 0.3) is 11.1 Å². The highest BCUT2D eigenvalue weighted by Gasteiger charge is 2.25. The number of rotatable bonds is 2. The monoisotopic (exact) mass is 328 g/mol. The van der Waals surface area contributed by atoms with E-state index in [1.807, 2.05) is 24.3 Å². The molecule has 0 saturated heterocycles. The maximum Gasteiger partial charge on any atom is 0.299 e. The van der Waals surface area contributed by atoms with Crippen molar-refractivity contribution in [2.24, 2.45) is 0 Å². The van der Waals surface area contributed by atoms with Gasteiger partial charge in [0.2, 0.25) is 5.78 Å². The summed E-state index contributed by atoms with van der Waals surface area (Å²) in [6, 6.07) is 13.1. The molecule has 0 fully saturated rings. The average molecular weight is 329 g/mol. The fourth-order valence-corrected chi connectivity index (χ4v) is 3.37. The van der Waals surface area contributed by atoms with Crippen molar-refractivity contribution in [1.29, 1.82) is 0 Å². The van der Waals surface area contributed by atoms with Gasteiger partial charge in [0.15, 0.2) is 5.58 Å². The minimum absolute atomic E-state index is 0.00672. The summed E-state index contributed by atoms with van der Waals surface area (Å²) in [5.74, 6) is 0.00672. The van der Waals surface area contributed by atoms with Crippen molar-refractivity contribution in [3.8, 4) is 0 Å². The molecule has 0 radical (unpaired) electrons. The lowest BCUT2D eigenvalue weighted by Crippen LogP contribution is -1.97. The molecule has 0 bridgehead atoms. The van der Waals surface area contributed by atoms with E-state index in [-0.39, 0.29) is 5.78 Å². The number of aromatic nitrogens is 1. The molecular weight excluding hydrogens is 320 g/mol. The van der Waals surface area contributed by atoms with Crippen molar-refractivity contribution in [1.82, 2.24) is 4.98 Å². The number of nitrogens with zero attached hydrogens (tertiary/aromatic N) is 1. The third-order valence-electron chi connectivity index (χ3n) is 3.25. The van der Waals surface area contributed by atoms with Gasteiger partial charge in [0.05, 0.1) is 4.91 Å². The zero-order chi connectivity index (χ0) is 15.1. The lowest BCUT2D eigenvalue weighted by Gasteiger charge is -1.95. The second kappa shape index (κ2) is 5.19. The zero-order valence-electron chi connectivity index (χ0n) is 11.2. The molecule has 108 valence electrons. The smallest absolute Gasteiger partial charge is 0.299 e. The quantitative estimate of drug-likeness (QED) is 0.690. The van der Waals surface area contributed by atoms with E-state index in [2.05, 4.69) is 10.3 Å². The predicted octanol–water partition coefficient (Wildman–Crippen LogP) is 4.72. The number of benzene rings is 2. The number of anilines is 1. The van der Waals surface area contributed by atoms with Crippen LogP contribution in [0.15, 0.2) is 62.9 Å². The van der Waals surface area contributed by atoms with Crippen molar-refractivity contribution >= 4 is 46.3 Å². The summed E-state index contributed by atoms with van der Waals surface area (Å²) in [6.45, 7) is 0. The molecule has 1 N–H and O–H groups in total. The number of thioether (sulfide) groups is 1. The van der Waals surface area contributed by atoms with Crippen LogP contribution in [0.4, 0.5) is 6.01 Å². The van der Waals surface area contributed by atoms with Crippen LogP contribution >= 0.6 is 23.4 Å². The van der Waals surface area contributed by atoms with Gasteiger partial charge in [0.1, 0.15) is 5.52 Å². The number of allylic oxidation sites excluding steroid dienone is 1. The first kappa shape index (κ1) is 13.4. The maximum atomic E-state index is 12.2. The molecule has 0 spiro atoms. The molecule has 0 unspecified atom stereocenters. The van der Waals surface area contributed by atoms with Crippen LogP contribution < -0.4 is 5.32 Å². The van der Waals surface area contributed by atoms with E-state index in [0.29, 0.717) is 27.0 Å². The van der Waals surface area contributed by atoms with Gasteiger partial charge in [-0.05, 0) is 30.3 Å². The predicted molar refractivity (Wildman–Crippen MR) is 87.4 cm³/mol. The molecule has 3 aromatic rings. The molecule has 0 saturated carbocycles. The maximum absolute atomic E-state index is 12.2. The number of fused-ring (bicyclic) bond motifs is 2. The molecule has 22 heavy (non-hydrogen) atoms. The van der Waals surface area contributed by atoms with Crippen LogP contribution in [0.5, 0.6) is 0 Å². The summed E-state index contributed by atoms with van der Waals surface area (Å²) in [5, 5.41) is 3.54. The molecule has 0 amide bonds. The van der Waals surface area contributed by atoms with Gasteiger partial charge in [-0.2, -0.15) is 4.98 Å². The number of Topliss-reactive ketones (excluding diaryl/α,β-unsaturated/α-hetero) is 1. The first-order chi connectivity index (χ1) is 10.7. The van der Waals surface area contributed by atoms with Crippen LogP contribution in [0, 0.1) is 0 Å². The molecule has 2 heterocycles. The topological polar surface area (TPSA) is 55.1 Å². The fourth-order valence-electron chi connectivity index (χ4n) is 2.23. The summed E-state index contributed by atoms with van der Waals surface area (Å²) in [6.07, 6.45) is 1.62. The second-order valence-corrected chi connectivity index (χ2v) is 6.23. The summed E-state index contributed by atoms with van der Waals surface area (Å²) >= 11 is 7.35. The Balaban J connectivity index is 1.60. The number of carbonyl (C=O) groups excluding carboxylic acids is 1. The van der Waals surface area contributed by atoms with Gasteiger partial charge in [-0.1, -0.05) is 35.5 Å². The van der Waals surface area contributed by atoms with E-state index in [1.54, 1.807) is 24.4 Å². The molecular formula is C16H9ClN2O2S. The number of hydrogen-bond donors (Lipinski definition) is 1. The van der Waals surface area contributed by atoms with Gasteiger partial charge < -0.3 is 9.73 Å². The summed E-state index contributed by atoms with van der Waals surface area (Å²) in [7, 11) is 0. The van der Waals surface area contributed by atoms with E-state index in [0.717, 1.165) is 10.5 Å². The summed E-state index contributed by atoms with van der Waals surface area (Å²) in [5.41, 5.74) is 2.03. The standard InChI is InChI=1S/C16H9ClN2O2S/c17-9-5-6-12-11(7-9)19-16(21-12)18-8-14-15(20)10-3-1-2-4-13(10)22-14/h1-8H,(H,18,19). The number of ketones is 1. The third kappa shape index (κ3) is 2.28. The van der Waals surface area contributed by atoms with Crippen LogP contribution in [-0.2, 0) is 0 Å². The second-order valence-electron chi connectivity index (χ2n) is 4.71. The van der Waals surface area contributed by atoms with Gasteiger partial charge in [0.25, 0.3) is 6.01 Å². The van der Waals surface area contributed by atoms with Gasteiger partial charge in [-0.15, -0.1) is 0 Å². The van der Waals surface area contributed by atoms with Crippen molar-refractivity contribution in [2.45, 2.75) is 4.90 Å². The van der Waals surface area contributed by atoms with Gasteiger partial charge >= 0.3 is 0 Å². The first-order valence-corrected chi connectivity index (χ1v) is 7.74. The van der Waals surface area contributed by atoms with Crippen LogP contribution in [0.2, 0.25) is 5.02 Å². The molecule has 0 atom stereocenters. The highest BCUT2D eigenvalue weighted by atomic mass is 35.5. The Hall–Kier alpha value is -2.24. The number of nitrogens with one attached hydrogen (secondary N) is 1. The molecule has 1 aliphatic rings. The van der Waals surface area contributed by atoms with Crippen molar-refractivity contribution < 1.29 is 9.21 Å². The first-order valence-electron chi connectivity index (χ1n) is 6.55. The van der Waals surface area contributed by atoms with E-state index in [4.69, 9.17) is 16.0 Å². The Bertz CT molecular complexity index is 933.